The fourth-order valence-corrected chi connectivity index (χ4v) is 2.60. The number of nitrogens with two attached hydrogens (primary N) is 1. The Balaban J connectivity index is 2.06. The van der Waals surface area contributed by atoms with Crippen LogP contribution in [0.3, 0.4) is 0 Å². The third-order valence-electron chi connectivity index (χ3n) is 2.61. The van der Waals surface area contributed by atoms with Gasteiger partial charge in [0.2, 0.25) is 5.91 Å². The van der Waals surface area contributed by atoms with Gasteiger partial charge in [-0.15, -0.1) is 11.3 Å². The molecule has 0 radical (unpaired) electrons. The Kier molecular flexibility index (Phi) is 2.56. The highest BCUT2D eigenvalue weighted by atomic mass is 32.1. The van der Waals surface area contributed by atoms with Crippen LogP contribution in [0.2, 0.25) is 0 Å². The summed E-state index contributed by atoms with van der Waals surface area (Å²) in [5.41, 5.74) is 5.14. The molecule has 3 nitrogen and oxygen atoms in total. The van der Waals surface area contributed by atoms with Crippen molar-refractivity contribution in [1.29, 1.82) is 0 Å². The number of carbonyl (C=O) groups is 1. The Morgan fingerprint density at radius 2 is 2.43 bits per heavy atom. The third-order valence-corrected chi connectivity index (χ3v) is 3.68. The van der Waals surface area contributed by atoms with E-state index in [1.807, 2.05) is 17.5 Å². The maximum atomic E-state index is 11.8. The molecule has 0 atom stereocenters. The van der Waals surface area contributed by atoms with Crippen molar-refractivity contribution in [2.24, 2.45) is 5.73 Å². The van der Waals surface area contributed by atoms with Crippen LogP contribution in [0.25, 0.3) is 0 Å². The highest BCUT2D eigenvalue weighted by Crippen LogP contribution is 2.50. The molecule has 1 aromatic rings. The van der Waals surface area contributed by atoms with Crippen LogP contribution in [0.4, 0.5) is 0 Å². The Morgan fingerprint density at radius 3 is 2.93 bits per heavy atom. The summed E-state index contributed by atoms with van der Waals surface area (Å²) < 4.78 is 0. The topological polar surface area (TPSA) is 55.1 Å². The normalized spacial score (nSPS) is 17.8. The van der Waals surface area contributed by atoms with Gasteiger partial charge in [-0.2, -0.15) is 0 Å². The maximum Gasteiger partial charge on any atom is 0.231 e. The van der Waals surface area contributed by atoms with Crippen molar-refractivity contribution >= 4 is 17.2 Å². The largest absolute Gasteiger partial charge is 0.354 e. The monoisotopic (exact) mass is 210 g/mol. The molecule has 76 valence electrons. The number of carbonyl (C=O) groups excluding carboxylic acids is 1. The van der Waals surface area contributed by atoms with Crippen LogP contribution in [0.1, 0.15) is 17.7 Å². The van der Waals surface area contributed by atoms with E-state index in [0.717, 1.165) is 12.8 Å². The molecule has 0 aromatic carbocycles. The van der Waals surface area contributed by atoms with E-state index in [1.54, 1.807) is 11.3 Å². The van der Waals surface area contributed by atoms with E-state index in [1.165, 1.54) is 4.88 Å². The highest BCUT2D eigenvalue weighted by molar-refractivity contribution is 7.10. The lowest BCUT2D eigenvalue weighted by atomic mass is 10.0. The molecule has 0 bridgehead atoms. The molecule has 4 heteroatoms. The minimum absolute atomic E-state index is 0.144. The van der Waals surface area contributed by atoms with Crippen LogP contribution < -0.4 is 11.1 Å². The molecular formula is C10H14N2OS. The lowest BCUT2D eigenvalue weighted by Crippen LogP contribution is -2.37. The van der Waals surface area contributed by atoms with Crippen molar-refractivity contribution in [1.82, 2.24) is 5.32 Å². The van der Waals surface area contributed by atoms with Gasteiger partial charge in [0.15, 0.2) is 0 Å². The zero-order chi connectivity index (χ0) is 10.0. The molecule has 1 amide bonds. The van der Waals surface area contributed by atoms with Crippen molar-refractivity contribution in [2.45, 2.75) is 18.3 Å². The van der Waals surface area contributed by atoms with Gasteiger partial charge in [-0.3, -0.25) is 4.79 Å². The molecule has 1 aliphatic rings. The summed E-state index contributed by atoms with van der Waals surface area (Å²) in [5.74, 6) is 0.144. The number of hydrogen-bond donors (Lipinski definition) is 2. The van der Waals surface area contributed by atoms with Gasteiger partial charge >= 0.3 is 0 Å². The first-order valence-electron chi connectivity index (χ1n) is 4.82. The van der Waals surface area contributed by atoms with Crippen LogP contribution in [-0.2, 0) is 10.2 Å². The van der Waals surface area contributed by atoms with Crippen molar-refractivity contribution in [2.75, 3.05) is 13.1 Å². The van der Waals surface area contributed by atoms with Crippen molar-refractivity contribution < 1.29 is 4.79 Å². The van der Waals surface area contributed by atoms with E-state index in [4.69, 9.17) is 5.73 Å². The molecule has 14 heavy (non-hydrogen) atoms. The zero-order valence-electron chi connectivity index (χ0n) is 7.95. The Labute approximate surface area is 87.3 Å². The van der Waals surface area contributed by atoms with Crippen molar-refractivity contribution in [3.05, 3.63) is 22.4 Å². The fraction of sp³-hybridized carbons (Fsp3) is 0.500. The van der Waals surface area contributed by atoms with E-state index < -0.39 is 0 Å². The van der Waals surface area contributed by atoms with Crippen LogP contribution >= 0.6 is 11.3 Å². The summed E-state index contributed by atoms with van der Waals surface area (Å²) in [6.45, 7) is 1.08. The molecule has 0 aliphatic heterocycles. The summed E-state index contributed by atoms with van der Waals surface area (Å²) in [7, 11) is 0. The number of nitrogens with one attached hydrogen (secondary N) is 1. The van der Waals surface area contributed by atoms with E-state index in [-0.39, 0.29) is 11.3 Å². The minimum Gasteiger partial charge on any atom is -0.354 e. The smallest absolute Gasteiger partial charge is 0.231 e. The molecule has 1 saturated carbocycles. The molecule has 0 unspecified atom stereocenters. The van der Waals surface area contributed by atoms with Gasteiger partial charge in [-0.25, -0.2) is 0 Å². The molecule has 3 N–H and O–H groups in total. The van der Waals surface area contributed by atoms with Crippen molar-refractivity contribution in [3.8, 4) is 0 Å². The number of thiophene rings is 1. The van der Waals surface area contributed by atoms with E-state index >= 15 is 0 Å². The quantitative estimate of drug-likeness (QED) is 0.774. The van der Waals surface area contributed by atoms with Gasteiger partial charge in [0.1, 0.15) is 0 Å². The van der Waals surface area contributed by atoms with Crippen LogP contribution in [0, 0.1) is 0 Å². The first-order chi connectivity index (χ1) is 6.79. The van der Waals surface area contributed by atoms with Crippen molar-refractivity contribution in [3.63, 3.8) is 0 Å². The molecule has 1 aliphatic carbocycles. The predicted octanol–water partition coefficient (Wildman–Crippen LogP) is 0.855. The highest BCUT2D eigenvalue weighted by Gasteiger charge is 2.51. The summed E-state index contributed by atoms with van der Waals surface area (Å²) in [6, 6.07) is 4.04. The lowest BCUT2D eigenvalue weighted by Gasteiger charge is -2.12. The number of hydrogen-bond acceptors (Lipinski definition) is 3. The molecule has 1 heterocycles. The van der Waals surface area contributed by atoms with Gasteiger partial charge < -0.3 is 11.1 Å². The van der Waals surface area contributed by atoms with Gasteiger partial charge in [-0.1, -0.05) is 6.07 Å². The number of amides is 1. The SMILES string of the molecule is NCCNC(=O)C1(c2cccs2)CC1. The standard InChI is InChI=1S/C10H14N2OS/c11-5-6-12-9(13)10(3-4-10)8-2-1-7-14-8/h1-2,7H,3-6,11H2,(H,12,13). The number of rotatable bonds is 4. The van der Waals surface area contributed by atoms with Gasteiger partial charge in [0.25, 0.3) is 0 Å². The summed E-state index contributed by atoms with van der Waals surface area (Å²) >= 11 is 1.66. The second kappa shape index (κ2) is 3.71. The van der Waals surface area contributed by atoms with E-state index in [0.29, 0.717) is 13.1 Å². The lowest BCUT2D eigenvalue weighted by molar-refractivity contribution is -0.123. The fourth-order valence-electron chi connectivity index (χ4n) is 1.62. The molecule has 2 rings (SSSR count). The second-order valence-electron chi connectivity index (χ2n) is 3.60. The van der Waals surface area contributed by atoms with Gasteiger partial charge in [0.05, 0.1) is 5.41 Å². The zero-order valence-corrected chi connectivity index (χ0v) is 8.77. The second-order valence-corrected chi connectivity index (χ2v) is 4.55. The Morgan fingerprint density at radius 1 is 1.64 bits per heavy atom. The Bertz CT molecular complexity index is 317. The van der Waals surface area contributed by atoms with E-state index in [9.17, 15) is 4.79 Å². The summed E-state index contributed by atoms with van der Waals surface area (Å²) in [4.78, 5) is 13.0. The van der Waals surface area contributed by atoms with Gasteiger partial charge in [-0.05, 0) is 24.3 Å². The summed E-state index contributed by atoms with van der Waals surface area (Å²) in [5, 5.41) is 4.89. The Hall–Kier alpha value is -0.870. The molecule has 0 spiro atoms. The molecule has 1 fully saturated rings. The third kappa shape index (κ3) is 1.55. The minimum atomic E-state index is -0.205. The average Bonchev–Trinajstić information content (AvgIpc) is 2.83. The first-order valence-corrected chi connectivity index (χ1v) is 5.70. The first kappa shape index (κ1) is 9.68. The average molecular weight is 210 g/mol. The van der Waals surface area contributed by atoms with Crippen LogP contribution in [-0.4, -0.2) is 19.0 Å². The van der Waals surface area contributed by atoms with Crippen LogP contribution in [0.15, 0.2) is 17.5 Å². The predicted molar refractivity (Wildman–Crippen MR) is 57.3 cm³/mol. The molecule has 0 saturated heterocycles. The molecule has 1 aromatic heterocycles. The maximum absolute atomic E-state index is 11.8. The van der Waals surface area contributed by atoms with E-state index in [2.05, 4.69) is 5.32 Å². The summed E-state index contributed by atoms with van der Waals surface area (Å²) in [6.07, 6.45) is 1.95. The van der Waals surface area contributed by atoms with Gasteiger partial charge in [0, 0.05) is 18.0 Å². The van der Waals surface area contributed by atoms with Crippen LogP contribution in [0.5, 0.6) is 0 Å². The molecular weight excluding hydrogens is 196 g/mol.